The molecule has 3 aromatic rings. The van der Waals surface area contributed by atoms with E-state index in [1.54, 1.807) is 26.4 Å². The molecule has 1 saturated heterocycles. The number of carbonyl (C=O) groups excluding carboxylic acids is 1. The summed E-state index contributed by atoms with van der Waals surface area (Å²) in [5.41, 5.74) is 2.78. The van der Waals surface area contributed by atoms with E-state index >= 15 is 0 Å². The van der Waals surface area contributed by atoms with E-state index in [0.29, 0.717) is 36.5 Å². The minimum atomic E-state index is -0.433. The zero-order valence-electron chi connectivity index (χ0n) is 20.5. The molecule has 7 heteroatoms. The third kappa shape index (κ3) is 4.27. The smallest absolute Gasteiger partial charge is 0.255 e. The summed E-state index contributed by atoms with van der Waals surface area (Å²) in [4.78, 5) is 15.5. The Kier molecular flexibility index (Phi) is 6.77. The molecule has 1 amide bonds. The van der Waals surface area contributed by atoms with Crippen LogP contribution in [0.3, 0.4) is 0 Å². The monoisotopic (exact) mass is 492 g/mol. The van der Waals surface area contributed by atoms with E-state index in [-0.39, 0.29) is 23.5 Å². The van der Waals surface area contributed by atoms with Crippen LogP contribution < -0.4 is 10.1 Å². The molecule has 0 radical (unpaired) electrons. The average Bonchev–Trinajstić information content (AvgIpc) is 3.15. The Morgan fingerprint density at radius 2 is 1.75 bits per heavy atom. The van der Waals surface area contributed by atoms with E-state index in [2.05, 4.69) is 22.3 Å². The van der Waals surface area contributed by atoms with Crippen molar-refractivity contribution in [1.82, 2.24) is 10.2 Å². The van der Waals surface area contributed by atoms with E-state index in [1.807, 2.05) is 24.3 Å². The molecule has 2 atom stereocenters. The number of benzene rings is 3. The van der Waals surface area contributed by atoms with Gasteiger partial charge < -0.3 is 14.8 Å². The standard InChI is InChI=1S/C29H30F2N2O3/c1-35-25-10-6-4-8-22(25)28(34)32-26-21-7-3-5-9-23(21)29(27(26)36-2)13-15-33(16-14-29)18-19-17-20(30)11-12-24(19)31/h3-12,17,26-27H,13-16,18H2,1-2H3,(H,32,34)/t26-,27+/m1/s1. The lowest BCUT2D eigenvalue weighted by molar-refractivity contribution is -0.0123. The number of fused-ring (bicyclic) bond motifs is 2. The van der Waals surface area contributed by atoms with E-state index in [9.17, 15) is 13.6 Å². The highest BCUT2D eigenvalue weighted by molar-refractivity contribution is 5.97. The zero-order valence-corrected chi connectivity index (χ0v) is 20.5. The van der Waals surface area contributed by atoms with Crippen LogP contribution in [0.2, 0.25) is 0 Å². The van der Waals surface area contributed by atoms with Gasteiger partial charge in [-0.1, -0.05) is 36.4 Å². The molecule has 0 aromatic heterocycles. The fourth-order valence-electron chi connectivity index (χ4n) is 5.99. The molecular formula is C29H30F2N2O3. The summed E-state index contributed by atoms with van der Waals surface area (Å²) >= 11 is 0. The molecule has 1 N–H and O–H groups in total. The van der Waals surface area contributed by atoms with Crippen molar-refractivity contribution < 1.29 is 23.0 Å². The first-order valence-corrected chi connectivity index (χ1v) is 12.2. The largest absolute Gasteiger partial charge is 0.496 e. The Bertz CT molecular complexity index is 1260. The van der Waals surface area contributed by atoms with Gasteiger partial charge in [-0.3, -0.25) is 9.69 Å². The van der Waals surface area contributed by atoms with Gasteiger partial charge in [-0.15, -0.1) is 0 Å². The molecule has 5 rings (SSSR count). The summed E-state index contributed by atoms with van der Waals surface area (Å²) < 4.78 is 39.4. The summed E-state index contributed by atoms with van der Waals surface area (Å²) in [6.45, 7) is 1.77. The summed E-state index contributed by atoms with van der Waals surface area (Å²) in [6, 6.07) is 18.6. The van der Waals surface area contributed by atoms with Crippen LogP contribution in [0.5, 0.6) is 5.75 Å². The maximum atomic E-state index is 14.2. The molecule has 36 heavy (non-hydrogen) atoms. The number of hydrogen-bond donors (Lipinski definition) is 1. The van der Waals surface area contributed by atoms with Crippen LogP contribution in [0, 0.1) is 11.6 Å². The van der Waals surface area contributed by atoms with Crippen molar-refractivity contribution in [1.29, 1.82) is 0 Å². The van der Waals surface area contributed by atoms with Crippen molar-refractivity contribution in [3.63, 3.8) is 0 Å². The van der Waals surface area contributed by atoms with E-state index < -0.39 is 11.6 Å². The normalized spacial score (nSPS) is 20.8. The molecule has 0 saturated carbocycles. The molecule has 5 nitrogen and oxygen atoms in total. The highest BCUT2D eigenvalue weighted by atomic mass is 19.1. The van der Waals surface area contributed by atoms with Gasteiger partial charge >= 0.3 is 0 Å². The summed E-state index contributed by atoms with van der Waals surface area (Å²) in [5.74, 6) is -0.525. The number of methoxy groups -OCH3 is 2. The highest BCUT2D eigenvalue weighted by Crippen LogP contribution is 2.52. The number of ether oxygens (including phenoxy) is 2. The molecule has 1 fully saturated rings. The quantitative estimate of drug-likeness (QED) is 0.526. The Morgan fingerprint density at radius 1 is 1.03 bits per heavy atom. The number of para-hydroxylation sites is 1. The number of nitrogens with one attached hydrogen (secondary N) is 1. The van der Waals surface area contributed by atoms with Crippen LogP contribution in [-0.2, 0) is 16.7 Å². The van der Waals surface area contributed by atoms with Crippen LogP contribution in [0.1, 0.15) is 45.9 Å². The van der Waals surface area contributed by atoms with Gasteiger partial charge in [-0.2, -0.15) is 0 Å². The summed E-state index contributed by atoms with van der Waals surface area (Å²) in [6.07, 6.45) is 1.29. The van der Waals surface area contributed by atoms with E-state index in [0.717, 1.165) is 24.5 Å². The first kappa shape index (κ1) is 24.4. The second kappa shape index (κ2) is 9.99. The predicted molar refractivity (Wildman–Crippen MR) is 133 cm³/mol. The van der Waals surface area contributed by atoms with Crippen molar-refractivity contribution >= 4 is 5.91 Å². The van der Waals surface area contributed by atoms with Crippen LogP contribution >= 0.6 is 0 Å². The van der Waals surface area contributed by atoms with Crippen molar-refractivity contribution in [2.45, 2.75) is 36.9 Å². The number of halogens is 2. The van der Waals surface area contributed by atoms with Crippen molar-refractivity contribution in [2.24, 2.45) is 0 Å². The number of amides is 1. The molecule has 0 bridgehead atoms. The van der Waals surface area contributed by atoms with Crippen molar-refractivity contribution in [2.75, 3.05) is 27.3 Å². The lowest BCUT2D eigenvalue weighted by Crippen LogP contribution is -2.50. The molecule has 1 aliphatic carbocycles. The minimum absolute atomic E-state index is 0.217. The van der Waals surface area contributed by atoms with Crippen LogP contribution in [0.15, 0.2) is 66.7 Å². The third-order valence-corrected chi connectivity index (χ3v) is 7.72. The van der Waals surface area contributed by atoms with Gasteiger partial charge in [0, 0.05) is 24.6 Å². The van der Waals surface area contributed by atoms with Gasteiger partial charge in [0.1, 0.15) is 17.4 Å². The topological polar surface area (TPSA) is 50.8 Å². The molecular weight excluding hydrogens is 462 g/mol. The maximum Gasteiger partial charge on any atom is 0.255 e. The number of hydrogen-bond acceptors (Lipinski definition) is 4. The number of rotatable bonds is 6. The van der Waals surface area contributed by atoms with Gasteiger partial charge in [0.05, 0.1) is 24.8 Å². The molecule has 3 aromatic carbocycles. The molecule has 1 aliphatic heterocycles. The second-order valence-electron chi connectivity index (χ2n) is 9.56. The Balaban J connectivity index is 1.39. The van der Waals surface area contributed by atoms with Gasteiger partial charge in [-0.05, 0) is 67.4 Å². The lowest BCUT2D eigenvalue weighted by Gasteiger charge is -2.44. The zero-order chi connectivity index (χ0) is 25.3. The van der Waals surface area contributed by atoms with Crippen LogP contribution in [0.25, 0.3) is 0 Å². The van der Waals surface area contributed by atoms with Crippen molar-refractivity contribution in [3.8, 4) is 5.75 Å². The Morgan fingerprint density at radius 3 is 2.50 bits per heavy atom. The summed E-state index contributed by atoms with van der Waals surface area (Å²) in [5, 5.41) is 3.21. The summed E-state index contributed by atoms with van der Waals surface area (Å²) in [7, 11) is 3.24. The van der Waals surface area contributed by atoms with E-state index in [1.165, 1.54) is 17.7 Å². The van der Waals surface area contributed by atoms with Gasteiger partial charge in [0.2, 0.25) is 0 Å². The van der Waals surface area contributed by atoms with Gasteiger partial charge in [-0.25, -0.2) is 8.78 Å². The fourth-order valence-corrected chi connectivity index (χ4v) is 5.99. The molecule has 2 aliphatic rings. The highest BCUT2D eigenvalue weighted by Gasteiger charge is 2.54. The van der Waals surface area contributed by atoms with Crippen molar-refractivity contribution in [3.05, 3.63) is 101 Å². The van der Waals surface area contributed by atoms with Crippen LogP contribution in [-0.4, -0.2) is 44.2 Å². The predicted octanol–water partition coefficient (Wildman–Crippen LogP) is 5.01. The molecule has 1 heterocycles. The third-order valence-electron chi connectivity index (χ3n) is 7.72. The first-order valence-electron chi connectivity index (χ1n) is 12.2. The number of carbonyl (C=O) groups is 1. The second-order valence-corrected chi connectivity index (χ2v) is 9.56. The SMILES string of the molecule is COc1ccccc1C(=O)N[C@@H]1c2ccccc2C2(CCN(Cc3cc(F)ccc3F)CC2)[C@H]1OC. The maximum absolute atomic E-state index is 14.2. The van der Waals surface area contributed by atoms with Crippen LogP contribution in [0.4, 0.5) is 8.78 Å². The van der Waals surface area contributed by atoms with E-state index in [4.69, 9.17) is 9.47 Å². The Labute approximate surface area is 210 Å². The molecule has 1 spiro atoms. The molecule has 0 unspecified atom stereocenters. The lowest BCUT2D eigenvalue weighted by atomic mass is 9.71. The Hall–Kier alpha value is -3.29. The van der Waals surface area contributed by atoms with Gasteiger partial charge in [0.25, 0.3) is 5.91 Å². The number of piperidine rings is 1. The average molecular weight is 493 g/mol. The first-order chi connectivity index (χ1) is 17.5. The minimum Gasteiger partial charge on any atom is -0.496 e. The number of likely N-dealkylation sites (tertiary alicyclic amines) is 1. The van der Waals surface area contributed by atoms with Gasteiger partial charge in [0.15, 0.2) is 0 Å². The number of nitrogens with zero attached hydrogens (tertiary/aromatic N) is 1. The molecule has 188 valence electrons. The fraction of sp³-hybridized carbons (Fsp3) is 0.345.